The van der Waals surface area contributed by atoms with Gasteiger partial charge in [-0.25, -0.2) is 0 Å². The predicted octanol–water partition coefficient (Wildman–Crippen LogP) is 3.77. The Balaban J connectivity index is 1.99. The molecule has 0 radical (unpaired) electrons. The number of carbonyl (C=O) groups excluding carboxylic acids is 1. The Labute approximate surface area is 160 Å². The molecule has 6 heteroatoms. The van der Waals surface area contributed by atoms with Crippen LogP contribution in [0.25, 0.3) is 11.0 Å². The van der Waals surface area contributed by atoms with Crippen molar-refractivity contribution in [2.24, 2.45) is 5.92 Å². The number of amides is 1. The second kappa shape index (κ2) is 7.43. The average molecular weight is 375 g/mol. The Morgan fingerprint density at radius 3 is 2.67 bits per heavy atom. The van der Waals surface area contributed by atoms with E-state index >= 15 is 0 Å². The van der Waals surface area contributed by atoms with E-state index in [0.717, 1.165) is 10.9 Å². The fourth-order valence-corrected chi connectivity index (χ4v) is 3.55. The van der Waals surface area contributed by atoms with Crippen molar-refractivity contribution in [3.05, 3.63) is 23.5 Å². The molecular weight excluding hydrogens is 346 g/mol. The first-order valence-corrected chi connectivity index (χ1v) is 9.63. The van der Waals surface area contributed by atoms with E-state index in [1.807, 2.05) is 46.8 Å². The number of piperidine rings is 1. The zero-order valence-electron chi connectivity index (χ0n) is 16.8. The zero-order valence-corrected chi connectivity index (χ0v) is 16.8. The molecule has 0 aliphatic carbocycles. The first kappa shape index (κ1) is 19.5. The minimum atomic E-state index is -0.742. The van der Waals surface area contributed by atoms with Crippen LogP contribution in [0.5, 0.6) is 11.5 Å². The molecule has 1 amide bonds. The lowest BCUT2D eigenvalue weighted by Crippen LogP contribution is -2.50. The summed E-state index contributed by atoms with van der Waals surface area (Å²) in [6.45, 7) is 11.5. The number of benzene rings is 1. The van der Waals surface area contributed by atoms with Gasteiger partial charge in [0, 0.05) is 30.0 Å². The van der Waals surface area contributed by atoms with E-state index in [2.05, 4.69) is 0 Å². The summed E-state index contributed by atoms with van der Waals surface area (Å²) in [5.41, 5.74) is 0.596. The molecule has 1 aromatic heterocycles. The minimum Gasteiger partial charge on any atom is -0.490 e. The largest absolute Gasteiger partial charge is 0.490 e. The Bertz CT molecular complexity index is 839. The molecule has 0 saturated carbocycles. The molecule has 0 bridgehead atoms. The van der Waals surface area contributed by atoms with E-state index in [1.54, 1.807) is 4.90 Å². The maximum Gasteiger partial charge on any atom is 0.289 e. The number of fused-ring (bicyclic) bond motifs is 1. The average Bonchev–Trinajstić information content (AvgIpc) is 2.96. The number of nitrogens with zero attached hydrogens (tertiary/aromatic N) is 1. The second-order valence-electron chi connectivity index (χ2n) is 7.45. The van der Waals surface area contributed by atoms with Crippen molar-refractivity contribution in [3.8, 4) is 11.5 Å². The molecule has 148 valence electrons. The first-order chi connectivity index (χ1) is 12.8. The highest BCUT2D eigenvalue weighted by atomic mass is 16.5. The Hall–Kier alpha value is -2.21. The third kappa shape index (κ3) is 3.50. The second-order valence-corrected chi connectivity index (χ2v) is 7.45. The molecule has 1 aliphatic rings. The topological polar surface area (TPSA) is 72.1 Å². The minimum absolute atomic E-state index is 0.00317. The molecular formula is C21H29NO5. The first-order valence-electron chi connectivity index (χ1n) is 9.63. The number of hydrogen-bond donors (Lipinski definition) is 1. The van der Waals surface area contributed by atoms with E-state index < -0.39 is 5.60 Å². The fraction of sp³-hybridized carbons (Fsp3) is 0.571. The van der Waals surface area contributed by atoms with Crippen LogP contribution < -0.4 is 9.47 Å². The van der Waals surface area contributed by atoms with Gasteiger partial charge in [-0.1, -0.05) is 6.92 Å². The van der Waals surface area contributed by atoms with Crippen molar-refractivity contribution in [3.63, 3.8) is 0 Å². The summed E-state index contributed by atoms with van der Waals surface area (Å²) in [7, 11) is 0. The van der Waals surface area contributed by atoms with Crippen LogP contribution in [-0.2, 0) is 0 Å². The SMILES string of the molecule is CCOc1ccc2c(C)c(C(=O)N3CC[C@](C)(O)[C@H](C)C3)oc2c1OCC. The molecule has 2 atom stereocenters. The number of hydrogen-bond acceptors (Lipinski definition) is 5. The van der Waals surface area contributed by atoms with Crippen molar-refractivity contribution < 1.29 is 23.8 Å². The number of furan rings is 1. The molecule has 3 rings (SSSR count). The molecule has 0 spiro atoms. The maximum absolute atomic E-state index is 13.1. The molecule has 1 N–H and O–H groups in total. The molecule has 0 unspecified atom stereocenters. The van der Waals surface area contributed by atoms with Gasteiger partial charge in [-0.05, 0) is 46.2 Å². The molecule has 1 aromatic carbocycles. The number of carbonyl (C=O) groups is 1. The fourth-order valence-electron chi connectivity index (χ4n) is 3.55. The summed E-state index contributed by atoms with van der Waals surface area (Å²) in [5, 5.41) is 11.2. The predicted molar refractivity (Wildman–Crippen MR) is 104 cm³/mol. The van der Waals surface area contributed by atoms with Gasteiger partial charge >= 0.3 is 0 Å². The normalized spacial score (nSPS) is 22.9. The van der Waals surface area contributed by atoms with Gasteiger partial charge in [-0.2, -0.15) is 0 Å². The zero-order chi connectivity index (χ0) is 19.8. The summed E-state index contributed by atoms with van der Waals surface area (Å²) in [6.07, 6.45) is 0.553. The Kier molecular flexibility index (Phi) is 5.38. The summed E-state index contributed by atoms with van der Waals surface area (Å²) in [6, 6.07) is 3.76. The molecule has 2 heterocycles. The van der Waals surface area contributed by atoms with E-state index in [-0.39, 0.29) is 11.8 Å². The van der Waals surface area contributed by atoms with Crippen LogP contribution >= 0.6 is 0 Å². The number of ether oxygens (including phenoxy) is 2. The number of likely N-dealkylation sites (tertiary alicyclic amines) is 1. The van der Waals surface area contributed by atoms with Crippen LogP contribution in [0.4, 0.5) is 0 Å². The highest BCUT2D eigenvalue weighted by Gasteiger charge is 2.37. The quantitative estimate of drug-likeness (QED) is 0.861. The molecule has 1 saturated heterocycles. The van der Waals surface area contributed by atoms with E-state index in [1.165, 1.54) is 0 Å². The summed E-state index contributed by atoms with van der Waals surface area (Å²) >= 11 is 0. The van der Waals surface area contributed by atoms with Gasteiger partial charge in [0.05, 0.1) is 18.8 Å². The standard InChI is InChI=1S/C21H29NO5/c1-6-25-16-9-8-15-14(4)17(27-18(15)19(16)26-7-2)20(23)22-11-10-21(5,24)13(3)12-22/h8-9,13,24H,6-7,10-12H2,1-5H3/t13-,21+/m1/s1. The molecule has 6 nitrogen and oxygen atoms in total. The van der Waals surface area contributed by atoms with Crippen molar-refractivity contribution in [1.29, 1.82) is 0 Å². The maximum atomic E-state index is 13.1. The number of aryl methyl sites for hydroxylation is 1. The van der Waals surface area contributed by atoms with Crippen LogP contribution in [0, 0.1) is 12.8 Å². The van der Waals surface area contributed by atoms with Crippen LogP contribution in [0.2, 0.25) is 0 Å². The molecule has 2 aromatic rings. The van der Waals surface area contributed by atoms with Crippen LogP contribution in [0.3, 0.4) is 0 Å². The van der Waals surface area contributed by atoms with Gasteiger partial charge in [-0.3, -0.25) is 4.79 Å². The van der Waals surface area contributed by atoms with Gasteiger partial charge < -0.3 is 23.9 Å². The lowest BCUT2D eigenvalue weighted by molar-refractivity contribution is -0.0444. The molecule has 27 heavy (non-hydrogen) atoms. The van der Waals surface area contributed by atoms with Gasteiger partial charge in [-0.15, -0.1) is 0 Å². The van der Waals surface area contributed by atoms with Crippen molar-refractivity contribution in [2.75, 3.05) is 26.3 Å². The summed E-state index contributed by atoms with van der Waals surface area (Å²) in [4.78, 5) is 14.9. The van der Waals surface area contributed by atoms with Gasteiger partial charge in [0.15, 0.2) is 17.1 Å². The lowest BCUT2D eigenvalue weighted by Gasteiger charge is -2.40. The number of rotatable bonds is 5. The van der Waals surface area contributed by atoms with Crippen LogP contribution in [-0.4, -0.2) is 47.8 Å². The Morgan fingerprint density at radius 1 is 1.33 bits per heavy atom. The van der Waals surface area contributed by atoms with Gasteiger partial charge in [0.1, 0.15) is 0 Å². The van der Waals surface area contributed by atoms with Crippen molar-refractivity contribution in [1.82, 2.24) is 4.90 Å². The van der Waals surface area contributed by atoms with E-state index in [9.17, 15) is 9.90 Å². The molecule has 1 aliphatic heterocycles. The third-order valence-electron chi connectivity index (χ3n) is 5.54. The Morgan fingerprint density at radius 2 is 2.04 bits per heavy atom. The van der Waals surface area contributed by atoms with Crippen LogP contribution in [0.15, 0.2) is 16.5 Å². The van der Waals surface area contributed by atoms with Crippen molar-refractivity contribution in [2.45, 2.75) is 46.6 Å². The van der Waals surface area contributed by atoms with E-state index in [0.29, 0.717) is 55.6 Å². The third-order valence-corrected chi connectivity index (χ3v) is 5.54. The summed E-state index contributed by atoms with van der Waals surface area (Å²) < 4.78 is 17.4. The smallest absolute Gasteiger partial charge is 0.289 e. The van der Waals surface area contributed by atoms with Gasteiger partial charge in [0.25, 0.3) is 5.91 Å². The van der Waals surface area contributed by atoms with Crippen molar-refractivity contribution >= 4 is 16.9 Å². The summed E-state index contributed by atoms with van der Waals surface area (Å²) in [5.74, 6) is 1.33. The highest BCUT2D eigenvalue weighted by molar-refractivity contribution is 6.00. The van der Waals surface area contributed by atoms with Gasteiger partial charge in [0.2, 0.25) is 5.75 Å². The monoisotopic (exact) mass is 375 g/mol. The lowest BCUT2D eigenvalue weighted by atomic mass is 9.84. The highest BCUT2D eigenvalue weighted by Crippen LogP contribution is 2.40. The number of aliphatic hydroxyl groups is 1. The molecule has 1 fully saturated rings. The van der Waals surface area contributed by atoms with E-state index in [4.69, 9.17) is 13.9 Å². The van der Waals surface area contributed by atoms with Crippen LogP contribution in [0.1, 0.15) is 50.2 Å².